The van der Waals surface area contributed by atoms with E-state index in [1.807, 2.05) is 0 Å². The standard InChI is InChI=1S/C22H28N6/c1-3-8-15(9-4-1)19-23-21(27-25-19)17-12-7-13-18(14-17)22-24-20(26-28-22)16-10-5-2-6-11-16/h7,12-16H,1-6,8-11H2,(H,23,25,27)(H,24,26,28). The fraction of sp³-hybridized carbons (Fsp3) is 0.545. The van der Waals surface area contributed by atoms with Crippen LogP contribution in [0.3, 0.4) is 0 Å². The van der Waals surface area contributed by atoms with E-state index in [4.69, 9.17) is 9.97 Å². The Kier molecular flexibility index (Phi) is 4.93. The first-order chi connectivity index (χ1) is 13.9. The second-order valence-corrected chi connectivity index (χ2v) is 8.34. The predicted octanol–water partition coefficient (Wildman–Crippen LogP) is 5.35. The van der Waals surface area contributed by atoms with E-state index in [1.165, 1.54) is 64.2 Å². The van der Waals surface area contributed by atoms with Gasteiger partial charge in [0, 0.05) is 23.0 Å². The number of aromatic amines is 2. The summed E-state index contributed by atoms with van der Waals surface area (Å²) >= 11 is 0. The molecule has 1 aromatic carbocycles. The molecule has 6 nitrogen and oxygen atoms in total. The molecule has 0 radical (unpaired) electrons. The van der Waals surface area contributed by atoms with Gasteiger partial charge in [0.25, 0.3) is 0 Å². The molecule has 5 rings (SSSR count). The molecule has 2 fully saturated rings. The highest BCUT2D eigenvalue weighted by Crippen LogP contribution is 2.33. The molecular weight excluding hydrogens is 348 g/mol. The van der Waals surface area contributed by atoms with Crippen LogP contribution >= 0.6 is 0 Å². The molecule has 0 spiro atoms. The molecule has 2 heterocycles. The molecule has 3 aromatic rings. The lowest BCUT2D eigenvalue weighted by molar-refractivity contribution is 0.429. The van der Waals surface area contributed by atoms with Crippen LogP contribution in [0.25, 0.3) is 22.8 Å². The number of H-pyrrole nitrogens is 2. The lowest BCUT2D eigenvalue weighted by Gasteiger charge is -2.18. The molecule has 2 N–H and O–H groups in total. The Labute approximate surface area is 165 Å². The smallest absolute Gasteiger partial charge is 0.155 e. The summed E-state index contributed by atoms with van der Waals surface area (Å²) in [6, 6.07) is 8.33. The fourth-order valence-corrected chi connectivity index (χ4v) is 4.71. The first kappa shape index (κ1) is 17.6. The van der Waals surface area contributed by atoms with Crippen LogP contribution < -0.4 is 0 Å². The summed E-state index contributed by atoms with van der Waals surface area (Å²) in [5, 5.41) is 15.3. The zero-order valence-electron chi connectivity index (χ0n) is 16.3. The third kappa shape index (κ3) is 3.60. The van der Waals surface area contributed by atoms with E-state index in [2.05, 4.69) is 44.7 Å². The molecule has 0 bridgehead atoms. The zero-order chi connectivity index (χ0) is 18.8. The summed E-state index contributed by atoms with van der Waals surface area (Å²) in [6.07, 6.45) is 12.7. The maximum Gasteiger partial charge on any atom is 0.155 e. The van der Waals surface area contributed by atoms with E-state index in [-0.39, 0.29) is 0 Å². The highest BCUT2D eigenvalue weighted by atomic mass is 15.2. The van der Waals surface area contributed by atoms with Gasteiger partial charge >= 0.3 is 0 Å². The van der Waals surface area contributed by atoms with Crippen LogP contribution in [0, 0.1) is 0 Å². The molecule has 146 valence electrons. The van der Waals surface area contributed by atoms with Gasteiger partial charge in [0.2, 0.25) is 0 Å². The van der Waals surface area contributed by atoms with E-state index < -0.39 is 0 Å². The minimum atomic E-state index is 0.509. The summed E-state index contributed by atoms with van der Waals surface area (Å²) in [6.45, 7) is 0. The van der Waals surface area contributed by atoms with Crippen LogP contribution in [-0.4, -0.2) is 30.4 Å². The van der Waals surface area contributed by atoms with Crippen molar-refractivity contribution in [3.8, 4) is 22.8 Å². The van der Waals surface area contributed by atoms with Gasteiger partial charge < -0.3 is 0 Å². The SMILES string of the molecule is c1cc(-c2nc(C3CCCCC3)n[nH]2)cc(-c2nc(C3CCCCC3)n[nH]2)c1. The number of hydrogen-bond donors (Lipinski definition) is 2. The summed E-state index contributed by atoms with van der Waals surface area (Å²) in [7, 11) is 0. The van der Waals surface area contributed by atoms with Gasteiger partial charge in [-0.3, -0.25) is 10.2 Å². The van der Waals surface area contributed by atoms with Crippen LogP contribution in [0.5, 0.6) is 0 Å². The molecule has 0 saturated heterocycles. The number of rotatable bonds is 4. The van der Waals surface area contributed by atoms with Crippen LogP contribution in [-0.2, 0) is 0 Å². The summed E-state index contributed by atoms with van der Waals surface area (Å²) < 4.78 is 0. The Morgan fingerprint density at radius 2 is 1.11 bits per heavy atom. The number of benzene rings is 1. The lowest BCUT2D eigenvalue weighted by Crippen LogP contribution is -2.06. The van der Waals surface area contributed by atoms with Gasteiger partial charge in [0.05, 0.1) is 0 Å². The Morgan fingerprint density at radius 1 is 0.643 bits per heavy atom. The molecule has 2 aromatic heterocycles. The number of hydrogen-bond acceptors (Lipinski definition) is 4. The molecule has 28 heavy (non-hydrogen) atoms. The molecule has 6 heteroatoms. The Balaban J connectivity index is 1.36. The molecular formula is C22H28N6. The van der Waals surface area contributed by atoms with Crippen molar-refractivity contribution in [2.45, 2.75) is 76.0 Å². The minimum absolute atomic E-state index is 0.509. The quantitative estimate of drug-likeness (QED) is 0.643. The van der Waals surface area contributed by atoms with Gasteiger partial charge in [0.15, 0.2) is 23.3 Å². The summed E-state index contributed by atoms with van der Waals surface area (Å²) in [4.78, 5) is 9.61. The van der Waals surface area contributed by atoms with Crippen molar-refractivity contribution in [3.63, 3.8) is 0 Å². The van der Waals surface area contributed by atoms with Crippen molar-refractivity contribution in [2.24, 2.45) is 0 Å². The van der Waals surface area contributed by atoms with Gasteiger partial charge in [-0.25, -0.2) is 9.97 Å². The maximum absolute atomic E-state index is 4.80. The van der Waals surface area contributed by atoms with Gasteiger partial charge in [-0.1, -0.05) is 56.7 Å². The second kappa shape index (κ2) is 7.86. The summed E-state index contributed by atoms with van der Waals surface area (Å²) in [5.74, 6) is 4.64. The van der Waals surface area contributed by atoms with Gasteiger partial charge in [-0.15, -0.1) is 0 Å². The van der Waals surface area contributed by atoms with Crippen molar-refractivity contribution in [1.29, 1.82) is 0 Å². The average molecular weight is 377 g/mol. The van der Waals surface area contributed by atoms with E-state index >= 15 is 0 Å². The zero-order valence-corrected chi connectivity index (χ0v) is 16.3. The van der Waals surface area contributed by atoms with E-state index in [0.717, 1.165) is 34.4 Å². The Morgan fingerprint density at radius 3 is 1.57 bits per heavy atom. The maximum atomic E-state index is 4.80. The second-order valence-electron chi connectivity index (χ2n) is 8.34. The highest BCUT2D eigenvalue weighted by molar-refractivity contribution is 5.65. The molecule has 2 aliphatic rings. The monoisotopic (exact) mass is 376 g/mol. The number of nitrogens with one attached hydrogen (secondary N) is 2. The van der Waals surface area contributed by atoms with Gasteiger partial charge in [0.1, 0.15) is 0 Å². The van der Waals surface area contributed by atoms with E-state index in [0.29, 0.717) is 11.8 Å². The van der Waals surface area contributed by atoms with Gasteiger partial charge in [-0.05, 0) is 31.7 Å². The molecule has 0 aliphatic heterocycles. The lowest BCUT2D eigenvalue weighted by atomic mass is 9.89. The average Bonchev–Trinajstić information content (AvgIpc) is 3.46. The topological polar surface area (TPSA) is 83.1 Å². The van der Waals surface area contributed by atoms with Crippen LogP contribution in [0.4, 0.5) is 0 Å². The molecule has 0 atom stereocenters. The normalized spacial score (nSPS) is 19.1. The fourth-order valence-electron chi connectivity index (χ4n) is 4.71. The first-order valence-corrected chi connectivity index (χ1v) is 10.8. The molecule has 0 unspecified atom stereocenters. The van der Waals surface area contributed by atoms with Crippen molar-refractivity contribution in [2.75, 3.05) is 0 Å². The number of nitrogens with zero attached hydrogens (tertiary/aromatic N) is 4. The first-order valence-electron chi connectivity index (χ1n) is 10.8. The van der Waals surface area contributed by atoms with Crippen LogP contribution in [0.2, 0.25) is 0 Å². The van der Waals surface area contributed by atoms with Crippen molar-refractivity contribution in [1.82, 2.24) is 30.4 Å². The van der Waals surface area contributed by atoms with Crippen molar-refractivity contribution in [3.05, 3.63) is 35.9 Å². The Hall–Kier alpha value is -2.50. The highest BCUT2D eigenvalue weighted by Gasteiger charge is 2.21. The molecule has 2 saturated carbocycles. The van der Waals surface area contributed by atoms with E-state index in [1.54, 1.807) is 0 Å². The van der Waals surface area contributed by atoms with E-state index in [9.17, 15) is 0 Å². The Bertz CT molecular complexity index is 843. The van der Waals surface area contributed by atoms with Gasteiger partial charge in [-0.2, -0.15) is 10.2 Å². The van der Waals surface area contributed by atoms with Crippen molar-refractivity contribution < 1.29 is 0 Å². The van der Waals surface area contributed by atoms with Crippen LogP contribution in [0.1, 0.15) is 87.7 Å². The minimum Gasteiger partial charge on any atom is -0.259 e. The van der Waals surface area contributed by atoms with Crippen LogP contribution in [0.15, 0.2) is 24.3 Å². The summed E-state index contributed by atoms with van der Waals surface area (Å²) in [5.41, 5.74) is 2.09. The molecule has 2 aliphatic carbocycles. The third-order valence-corrected chi connectivity index (χ3v) is 6.36. The van der Waals surface area contributed by atoms with Crippen molar-refractivity contribution >= 4 is 0 Å². The largest absolute Gasteiger partial charge is 0.259 e. The molecule has 0 amide bonds. The third-order valence-electron chi connectivity index (χ3n) is 6.36. The predicted molar refractivity (Wildman–Crippen MR) is 109 cm³/mol. The number of aromatic nitrogens is 6.